The zero-order valence-electron chi connectivity index (χ0n) is 13.1. The molecule has 2 rings (SSSR count). The first-order valence-corrected chi connectivity index (χ1v) is 8.31. The van der Waals surface area contributed by atoms with Gasteiger partial charge < -0.3 is 20.7 Å². The Hall–Kier alpha value is -2.02. The van der Waals surface area contributed by atoms with Gasteiger partial charge in [0.15, 0.2) is 0 Å². The Labute approximate surface area is 143 Å². The van der Waals surface area contributed by atoms with Gasteiger partial charge in [0.25, 0.3) is 0 Å². The van der Waals surface area contributed by atoms with Gasteiger partial charge >= 0.3 is 12.0 Å². The molecule has 3 N–H and O–H groups in total. The van der Waals surface area contributed by atoms with Gasteiger partial charge in [0.2, 0.25) is 0 Å². The summed E-state index contributed by atoms with van der Waals surface area (Å²) < 4.78 is 6.11. The fourth-order valence-corrected chi connectivity index (χ4v) is 2.62. The molecular formula is C16H20BrN3O3. The quantitative estimate of drug-likeness (QED) is 0.661. The van der Waals surface area contributed by atoms with E-state index in [0.717, 1.165) is 10.2 Å². The summed E-state index contributed by atoms with van der Waals surface area (Å²) in [5, 5.41) is 8.66. The number of hydrogen-bond acceptors (Lipinski definition) is 4. The number of urea groups is 1. The number of nitrogens with one attached hydrogen (secondary N) is 3. The SMILES string of the molecule is CCOC(=O)C1=C(CNc2ccc(Br)cc2)NC(=O)N[C@@H]1CC. The molecule has 1 aromatic carbocycles. The van der Waals surface area contributed by atoms with Gasteiger partial charge in [-0.2, -0.15) is 0 Å². The molecule has 23 heavy (non-hydrogen) atoms. The molecule has 0 radical (unpaired) electrons. The van der Waals surface area contributed by atoms with Crippen LogP contribution < -0.4 is 16.0 Å². The van der Waals surface area contributed by atoms with Crippen LogP contribution in [0.25, 0.3) is 0 Å². The van der Waals surface area contributed by atoms with Gasteiger partial charge in [-0.05, 0) is 37.6 Å². The lowest BCUT2D eigenvalue weighted by Gasteiger charge is -2.28. The zero-order chi connectivity index (χ0) is 16.8. The van der Waals surface area contributed by atoms with Gasteiger partial charge in [-0.25, -0.2) is 9.59 Å². The third-order valence-electron chi connectivity index (χ3n) is 3.46. The van der Waals surface area contributed by atoms with Crippen molar-refractivity contribution in [2.24, 2.45) is 0 Å². The molecule has 0 aliphatic carbocycles. The van der Waals surface area contributed by atoms with E-state index in [-0.39, 0.29) is 12.1 Å². The number of halogens is 1. The summed E-state index contributed by atoms with van der Waals surface area (Å²) in [6.07, 6.45) is 0.614. The van der Waals surface area contributed by atoms with Crippen LogP contribution in [0.1, 0.15) is 20.3 Å². The largest absolute Gasteiger partial charge is 0.463 e. The van der Waals surface area contributed by atoms with Crippen LogP contribution in [0.3, 0.4) is 0 Å². The van der Waals surface area contributed by atoms with Gasteiger partial charge in [-0.15, -0.1) is 0 Å². The van der Waals surface area contributed by atoms with Gasteiger partial charge in [0.05, 0.1) is 30.5 Å². The van der Waals surface area contributed by atoms with E-state index < -0.39 is 5.97 Å². The van der Waals surface area contributed by atoms with E-state index in [1.807, 2.05) is 31.2 Å². The lowest BCUT2D eigenvalue weighted by atomic mass is 10.00. The molecule has 0 aromatic heterocycles. The molecule has 124 valence electrons. The predicted molar refractivity (Wildman–Crippen MR) is 92.0 cm³/mol. The van der Waals surface area contributed by atoms with Crippen molar-refractivity contribution in [2.45, 2.75) is 26.3 Å². The maximum atomic E-state index is 12.2. The minimum atomic E-state index is -0.403. The van der Waals surface area contributed by atoms with Crippen molar-refractivity contribution in [3.05, 3.63) is 40.0 Å². The van der Waals surface area contributed by atoms with Crippen LogP contribution in [-0.4, -0.2) is 31.2 Å². The molecule has 0 spiro atoms. The van der Waals surface area contributed by atoms with Crippen LogP contribution in [-0.2, 0) is 9.53 Å². The molecule has 1 atom stereocenters. The number of amides is 2. The molecule has 1 heterocycles. The van der Waals surface area contributed by atoms with Crippen molar-refractivity contribution >= 4 is 33.6 Å². The Morgan fingerprint density at radius 1 is 1.30 bits per heavy atom. The number of carbonyl (C=O) groups excluding carboxylic acids is 2. The van der Waals surface area contributed by atoms with Crippen LogP contribution in [0.5, 0.6) is 0 Å². The van der Waals surface area contributed by atoms with Crippen molar-refractivity contribution in [1.82, 2.24) is 10.6 Å². The normalized spacial score (nSPS) is 17.3. The smallest absolute Gasteiger partial charge is 0.337 e. The molecule has 1 aliphatic heterocycles. The van der Waals surface area contributed by atoms with Gasteiger partial charge in [0, 0.05) is 10.2 Å². The number of esters is 1. The molecular weight excluding hydrogens is 362 g/mol. The number of carbonyl (C=O) groups is 2. The van der Waals surface area contributed by atoms with E-state index in [4.69, 9.17) is 4.74 Å². The highest BCUT2D eigenvalue weighted by atomic mass is 79.9. The minimum Gasteiger partial charge on any atom is -0.463 e. The lowest BCUT2D eigenvalue weighted by Crippen LogP contribution is -2.51. The standard InChI is InChI=1S/C16H20BrN3O3/c1-3-12-14(15(21)23-4-2)13(20-16(22)19-12)9-18-11-7-5-10(17)6-8-11/h5-8,12,18H,3-4,9H2,1-2H3,(H2,19,20,22)/t12-/m1/s1. The van der Waals surface area contributed by atoms with Gasteiger partial charge in [-0.1, -0.05) is 22.9 Å². The summed E-state index contributed by atoms with van der Waals surface area (Å²) in [5.41, 5.74) is 1.91. The maximum absolute atomic E-state index is 12.2. The molecule has 0 unspecified atom stereocenters. The fourth-order valence-electron chi connectivity index (χ4n) is 2.36. The van der Waals surface area contributed by atoms with Crippen LogP contribution in [0, 0.1) is 0 Å². The number of anilines is 1. The summed E-state index contributed by atoms with van der Waals surface area (Å²) in [6, 6.07) is 7.00. The first kappa shape index (κ1) is 17.3. The topological polar surface area (TPSA) is 79.5 Å². The second-order valence-electron chi connectivity index (χ2n) is 5.03. The second kappa shape index (κ2) is 8.01. The second-order valence-corrected chi connectivity index (χ2v) is 5.95. The van der Waals surface area contributed by atoms with Gasteiger partial charge in [0.1, 0.15) is 0 Å². The summed E-state index contributed by atoms with van der Waals surface area (Å²) in [4.78, 5) is 24.0. The average molecular weight is 382 g/mol. The monoisotopic (exact) mass is 381 g/mol. The third kappa shape index (κ3) is 4.48. The third-order valence-corrected chi connectivity index (χ3v) is 3.99. The molecule has 0 fully saturated rings. The summed E-state index contributed by atoms with van der Waals surface area (Å²) in [5.74, 6) is -0.403. The Bertz CT molecular complexity index is 614. The first-order valence-electron chi connectivity index (χ1n) is 7.52. The van der Waals surface area contributed by atoms with E-state index in [0.29, 0.717) is 30.8 Å². The highest BCUT2D eigenvalue weighted by molar-refractivity contribution is 9.10. The van der Waals surface area contributed by atoms with Crippen LogP contribution >= 0.6 is 15.9 Å². The average Bonchev–Trinajstić information content (AvgIpc) is 2.53. The van der Waals surface area contributed by atoms with E-state index in [1.165, 1.54) is 0 Å². The van der Waals surface area contributed by atoms with Crippen LogP contribution in [0.15, 0.2) is 40.0 Å². The van der Waals surface area contributed by atoms with Crippen LogP contribution in [0.4, 0.5) is 10.5 Å². The van der Waals surface area contributed by atoms with Crippen molar-refractivity contribution in [2.75, 3.05) is 18.5 Å². The molecule has 0 saturated heterocycles. The Balaban J connectivity index is 2.22. The summed E-state index contributed by atoms with van der Waals surface area (Å²) >= 11 is 3.38. The Morgan fingerprint density at radius 2 is 2.00 bits per heavy atom. The van der Waals surface area contributed by atoms with Crippen molar-refractivity contribution < 1.29 is 14.3 Å². The fraction of sp³-hybridized carbons (Fsp3) is 0.375. The lowest BCUT2D eigenvalue weighted by molar-refractivity contribution is -0.139. The summed E-state index contributed by atoms with van der Waals surface area (Å²) in [6.45, 7) is 4.29. The summed E-state index contributed by atoms with van der Waals surface area (Å²) in [7, 11) is 0. The molecule has 0 bridgehead atoms. The first-order chi connectivity index (χ1) is 11.0. The van der Waals surface area contributed by atoms with E-state index in [9.17, 15) is 9.59 Å². The van der Waals surface area contributed by atoms with Crippen molar-refractivity contribution in [3.8, 4) is 0 Å². The number of hydrogen-bond donors (Lipinski definition) is 3. The van der Waals surface area contributed by atoms with Crippen LogP contribution in [0.2, 0.25) is 0 Å². The molecule has 1 aromatic rings. The Kier molecular flexibility index (Phi) is 6.04. The molecule has 6 nitrogen and oxygen atoms in total. The van der Waals surface area contributed by atoms with Crippen molar-refractivity contribution in [1.29, 1.82) is 0 Å². The molecule has 7 heteroatoms. The number of benzene rings is 1. The minimum absolute atomic E-state index is 0.292. The van der Waals surface area contributed by atoms with Gasteiger partial charge in [-0.3, -0.25) is 0 Å². The van der Waals surface area contributed by atoms with E-state index in [2.05, 4.69) is 31.9 Å². The van der Waals surface area contributed by atoms with E-state index >= 15 is 0 Å². The highest BCUT2D eigenvalue weighted by Gasteiger charge is 2.31. The van der Waals surface area contributed by atoms with E-state index in [1.54, 1.807) is 6.92 Å². The predicted octanol–water partition coefficient (Wildman–Crippen LogP) is 2.77. The highest BCUT2D eigenvalue weighted by Crippen LogP contribution is 2.19. The molecule has 2 amide bonds. The van der Waals surface area contributed by atoms with Crippen molar-refractivity contribution in [3.63, 3.8) is 0 Å². The zero-order valence-corrected chi connectivity index (χ0v) is 14.7. The maximum Gasteiger partial charge on any atom is 0.337 e. The Morgan fingerprint density at radius 3 is 2.61 bits per heavy atom. The number of rotatable bonds is 6. The molecule has 0 saturated carbocycles. The molecule has 1 aliphatic rings. The number of ether oxygens (including phenoxy) is 1.